The lowest BCUT2D eigenvalue weighted by molar-refractivity contribution is 0.577. The quantitative estimate of drug-likeness (QED) is 0.850. The maximum Gasteiger partial charge on any atom is 0.252 e. The fraction of sp³-hybridized carbons (Fsp3) is 0.667. The molecule has 5 nitrogen and oxygen atoms in total. The number of aryl methyl sites for hydroxylation is 1. The van der Waals surface area contributed by atoms with Crippen LogP contribution in [0.2, 0.25) is 0 Å². The molecule has 2 unspecified atom stereocenters. The number of nitrogens with two attached hydrogens (primary N) is 1. The Bertz CT molecular complexity index is 495. The van der Waals surface area contributed by atoms with Gasteiger partial charge in [0.1, 0.15) is 0 Å². The normalized spacial score (nSPS) is 24.6. The van der Waals surface area contributed by atoms with Crippen LogP contribution in [0.5, 0.6) is 0 Å². The summed E-state index contributed by atoms with van der Waals surface area (Å²) >= 11 is 1.02. The number of sulfonamides is 1. The van der Waals surface area contributed by atoms with E-state index in [0.29, 0.717) is 16.7 Å². The van der Waals surface area contributed by atoms with Gasteiger partial charge in [0.25, 0.3) is 10.0 Å². The van der Waals surface area contributed by atoms with Gasteiger partial charge in [-0.1, -0.05) is 24.7 Å². The number of nitrogen functional groups attached to an aromatic ring is 1. The Morgan fingerprint density at radius 2 is 2.31 bits per heavy atom. The predicted octanol–water partition coefficient (Wildman–Crippen LogP) is 1.11. The Balaban J connectivity index is 2.17. The van der Waals surface area contributed by atoms with Crippen molar-refractivity contribution in [1.29, 1.82) is 0 Å². The third-order valence-electron chi connectivity index (χ3n) is 2.77. The highest BCUT2D eigenvalue weighted by Crippen LogP contribution is 2.35. The van der Waals surface area contributed by atoms with Gasteiger partial charge in [-0.2, -0.15) is 0 Å². The Morgan fingerprint density at radius 1 is 1.62 bits per heavy atom. The number of hydrogen-bond acceptors (Lipinski definition) is 5. The summed E-state index contributed by atoms with van der Waals surface area (Å²) in [7, 11) is -3.42. The topological polar surface area (TPSA) is 85.1 Å². The summed E-state index contributed by atoms with van der Waals surface area (Å²) in [6.45, 7) is 3.72. The molecule has 0 aliphatic heterocycles. The Hall–Kier alpha value is -0.660. The van der Waals surface area contributed by atoms with Crippen LogP contribution in [0.3, 0.4) is 0 Å². The SMILES string of the molecule is CCC1CC1NS(=O)(=O)c1sc(N)nc1C. The zero-order valence-electron chi connectivity index (χ0n) is 9.23. The summed E-state index contributed by atoms with van der Waals surface area (Å²) in [6.07, 6.45) is 1.94. The standard InChI is InChI=1S/C9H15N3O2S2/c1-3-6-4-7(6)12-16(13,14)8-5(2)11-9(10)15-8/h6-7,12H,3-4H2,1-2H3,(H2,10,11). The highest BCUT2D eigenvalue weighted by molar-refractivity contribution is 7.91. The number of nitrogens with zero attached hydrogens (tertiary/aromatic N) is 1. The zero-order chi connectivity index (χ0) is 11.9. The second-order valence-corrected chi connectivity index (χ2v) is 7.00. The van der Waals surface area contributed by atoms with E-state index in [1.165, 1.54) is 0 Å². The third kappa shape index (κ3) is 2.21. The molecule has 0 radical (unpaired) electrons. The summed E-state index contributed by atoms with van der Waals surface area (Å²) < 4.78 is 26.9. The highest BCUT2D eigenvalue weighted by Gasteiger charge is 2.39. The summed E-state index contributed by atoms with van der Waals surface area (Å²) in [4.78, 5) is 3.92. The molecule has 1 heterocycles. The first-order valence-electron chi connectivity index (χ1n) is 5.19. The summed E-state index contributed by atoms with van der Waals surface area (Å²) in [6, 6.07) is 0.0951. The smallest absolute Gasteiger partial charge is 0.252 e. The third-order valence-corrected chi connectivity index (χ3v) is 5.85. The highest BCUT2D eigenvalue weighted by atomic mass is 32.2. The van der Waals surface area contributed by atoms with E-state index in [4.69, 9.17) is 5.73 Å². The van der Waals surface area contributed by atoms with Crippen molar-refractivity contribution in [2.24, 2.45) is 5.92 Å². The van der Waals surface area contributed by atoms with E-state index in [1.54, 1.807) is 6.92 Å². The van der Waals surface area contributed by atoms with E-state index in [2.05, 4.69) is 16.6 Å². The van der Waals surface area contributed by atoms with E-state index < -0.39 is 10.0 Å². The molecule has 1 aromatic rings. The molecule has 90 valence electrons. The van der Waals surface area contributed by atoms with Crippen LogP contribution >= 0.6 is 11.3 Å². The van der Waals surface area contributed by atoms with E-state index >= 15 is 0 Å². The molecule has 16 heavy (non-hydrogen) atoms. The number of thiazole rings is 1. The molecule has 0 spiro atoms. The first-order chi connectivity index (χ1) is 7.44. The lowest BCUT2D eigenvalue weighted by Gasteiger charge is -2.03. The molecule has 0 saturated heterocycles. The van der Waals surface area contributed by atoms with Crippen LogP contribution in [0.15, 0.2) is 4.21 Å². The fourth-order valence-corrected chi connectivity index (χ4v) is 4.38. The van der Waals surface area contributed by atoms with Gasteiger partial charge < -0.3 is 5.73 Å². The first kappa shape index (κ1) is 11.8. The molecule has 0 aromatic carbocycles. The van der Waals surface area contributed by atoms with Crippen LogP contribution in [0.1, 0.15) is 25.5 Å². The van der Waals surface area contributed by atoms with E-state index in [1.807, 2.05) is 0 Å². The van der Waals surface area contributed by atoms with Gasteiger partial charge in [-0.05, 0) is 19.3 Å². The molecule has 1 aliphatic rings. The molecule has 1 aliphatic carbocycles. The Kier molecular flexibility index (Phi) is 2.93. The molecule has 0 bridgehead atoms. The lowest BCUT2D eigenvalue weighted by atomic mass is 10.3. The molecule has 2 rings (SSSR count). The van der Waals surface area contributed by atoms with E-state index in [9.17, 15) is 8.42 Å². The van der Waals surface area contributed by atoms with Crippen LogP contribution in [0, 0.1) is 12.8 Å². The van der Waals surface area contributed by atoms with Crippen LogP contribution < -0.4 is 10.5 Å². The number of rotatable bonds is 4. The molecule has 0 amide bonds. The van der Waals surface area contributed by atoms with Gasteiger partial charge in [0.2, 0.25) is 0 Å². The van der Waals surface area contributed by atoms with Gasteiger partial charge in [0, 0.05) is 6.04 Å². The maximum absolute atomic E-state index is 12.0. The first-order valence-corrected chi connectivity index (χ1v) is 7.49. The van der Waals surface area contributed by atoms with Crippen molar-refractivity contribution < 1.29 is 8.42 Å². The zero-order valence-corrected chi connectivity index (χ0v) is 10.9. The summed E-state index contributed by atoms with van der Waals surface area (Å²) in [5.41, 5.74) is 5.97. The van der Waals surface area contributed by atoms with Gasteiger partial charge in [-0.15, -0.1) is 0 Å². The van der Waals surface area contributed by atoms with Gasteiger partial charge in [0.05, 0.1) is 5.69 Å². The summed E-state index contributed by atoms with van der Waals surface area (Å²) in [5, 5.41) is 0.292. The van der Waals surface area contributed by atoms with Crippen molar-refractivity contribution in [3.63, 3.8) is 0 Å². The number of aromatic nitrogens is 1. The fourth-order valence-electron chi connectivity index (χ4n) is 1.75. The van der Waals surface area contributed by atoms with Crippen molar-refractivity contribution in [2.75, 3.05) is 5.73 Å². The van der Waals surface area contributed by atoms with Gasteiger partial charge in [-0.3, -0.25) is 0 Å². The van der Waals surface area contributed by atoms with Gasteiger partial charge in [0.15, 0.2) is 9.34 Å². The maximum atomic E-state index is 12.0. The summed E-state index contributed by atoms with van der Waals surface area (Å²) in [5.74, 6) is 0.486. The molecule has 3 N–H and O–H groups in total. The molecule has 1 aromatic heterocycles. The van der Waals surface area contributed by atoms with Crippen LogP contribution in [0.4, 0.5) is 5.13 Å². The van der Waals surface area contributed by atoms with Crippen molar-refractivity contribution in [3.05, 3.63) is 5.69 Å². The Labute approximate surface area is 99.1 Å². The monoisotopic (exact) mass is 261 g/mol. The lowest BCUT2D eigenvalue weighted by Crippen LogP contribution is -2.26. The van der Waals surface area contributed by atoms with Gasteiger partial charge >= 0.3 is 0 Å². The molecule has 1 fully saturated rings. The molecule has 7 heteroatoms. The van der Waals surface area contributed by atoms with Crippen LogP contribution in [0.25, 0.3) is 0 Å². The molecule has 2 atom stereocenters. The van der Waals surface area contributed by atoms with Crippen molar-refractivity contribution in [2.45, 2.75) is 36.9 Å². The molecule has 1 saturated carbocycles. The van der Waals surface area contributed by atoms with E-state index in [-0.39, 0.29) is 10.3 Å². The number of nitrogens with one attached hydrogen (secondary N) is 1. The largest absolute Gasteiger partial charge is 0.375 e. The minimum Gasteiger partial charge on any atom is -0.375 e. The number of anilines is 1. The minimum atomic E-state index is -3.42. The Morgan fingerprint density at radius 3 is 2.75 bits per heavy atom. The second kappa shape index (κ2) is 3.97. The predicted molar refractivity (Wildman–Crippen MR) is 63.8 cm³/mol. The van der Waals surface area contributed by atoms with Crippen molar-refractivity contribution in [1.82, 2.24) is 9.71 Å². The average molecular weight is 261 g/mol. The van der Waals surface area contributed by atoms with Crippen LogP contribution in [-0.2, 0) is 10.0 Å². The molecular formula is C9H15N3O2S2. The van der Waals surface area contributed by atoms with Crippen LogP contribution in [-0.4, -0.2) is 19.4 Å². The number of hydrogen-bond donors (Lipinski definition) is 2. The minimum absolute atomic E-state index is 0.0951. The molecular weight excluding hydrogens is 246 g/mol. The average Bonchev–Trinajstić information content (AvgIpc) is 2.82. The van der Waals surface area contributed by atoms with E-state index in [0.717, 1.165) is 24.2 Å². The van der Waals surface area contributed by atoms with Crippen molar-refractivity contribution in [3.8, 4) is 0 Å². The van der Waals surface area contributed by atoms with Gasteiger partial charge in [-0.25, -0.2) is 18.1 Å². The second-order valence-electron chi connectivity index (χ2n) is 4.06. The van der Waals surface area contributed by atoms with Crippen molar-refractivity contribution >= 4 is 26.5 Å².